The van der Waals surface area contributed by atoms with E-state index in [1.54, 1.807) is 7.05 Å². The smallest absolute Gasteiger partial charge is 0.239 e. The number of aliphatic imine (C=N–C) groups is 1. The third kappa shape index (κ3) is 5.84. The number of piperazine rings is 1. The molecule has 1 fully saturated rings. The molecule has 1 amide bonds. The van der Waals surface area contributed by atoms with E-state index in [-0.39, 0.29) is 18.5 Å². The number of guanidine groups is 1. The third-order valence-electron chi connectivity index (χ3n) is 3.70. The van der Waals surface area contributed by atoms with Gasteiger partial charge in [0.2, 0.25) is 5.91 Å². The second kappa shape index (κ2) is 8.88. The van der Waals surface area contributed by atoms with Gasteiger partial charge >= 0.3 is 0 Å². The molecule has 1 saturated heterocycles. The van der Waals surface area contributed by atoms with Crippen molar-refractivity contribution in [3.05, 3.63) is 22.4 Å². The fourth-order valence-electron chi connectivity index (χ4n) is 2.61. The van der Waals surface area contributed by atoms with E-state index in [4.69, 9.17) is 0 Å². The Morgan fingerprint density at radius 3 is 2.65 bits per heavy atom. The Hall–Kier alpha value is -1.60. The van der Waals surface area contributed by atoms with Crippen molar-refractivity contribution in [2.75, 3.05) is 39.8 Å². The lowest BCUT2D eigenvalue weighted by Gasteiger charge is -2.36. The molecule has 128 valence electrons. The molecule has 0 atom stereocenters. The summed E-state index contributed by atoms with van der Waals surface area (Å²) in [7, 11) is 1.76. The van der Waals surface area contributed by atoms with Gasteiger partial charge in [0.25, 0.3) is 0 Å². The van der Waals surface area contributed by atoms with Crippen LogP contribution in [0, 0.1) is 0 Å². The van der Waals surface area contributed by atoms with Gasteiger partial charge in [-0.2, -0.15) is 0 Å². The first kappa shape index (κ1) is 17.7. The van der Waals surface area contributed by atoms with Gasteiger partial charge in [0, 0.05) is 50.7 Å². The number of rotatable bonds is 5. The SMILES string of the molecule is CN=C(NCC(=O)NC(C)C)N1CCN(Cc2cccs2)CC1. The second-order valence-corrected chi connectivity index (χ2v) is 7.00. The van der Waals surface area contributed by atoms with Crippen molar-refractivity contribution in [3.8, 4) is 0 Å². The molecule has 1 aromatic rings. The van der Waals surface area contributed by atoms with Gasteiger partial charge in [0.1, 0.15) is 0 Å². The molecule has 6 nitrogen and oxygen atoms in total. The van der Waals surface area contributed by atoms with Crippen LogP contribution >= 0.6 is 11.3 Å². The number of carbonyl (C=O) groups excluding carboxylic acids is 1. The monoisotopic (exact) mass is 337 g/mol. The minimum atomic E-state index is -0.00233. The molecule has 23 heavy (non-hydrogen) atoms. The summed E-state index contributed by atoms with van der Waals surface area (Å²) in [6, 6.07) is 4.45. The van der Waals surface area contributed by atoms with Crippen molar-refractivity contribution in [1.82, 2.24) is 20.4 Å². The lowest BCUT2D eigenvalue weighted by atomic mass is 10.3. The van der Waals surface area contributed by atoms with Crippen LogP contribution in [0.2, 0.25) is 0 Å². The Balaban J connectivity index is 1.75. The number of nitrogens with one attached hydrogen (secondary N) is 2. The van der Waals surface area contributed by atoms with Gasteiger partial charge in [-0.1, -0.05) is 6.07 Å². The predicted molar refractivity (Wildman–Crippen MR) is 95.8 cm³/mol. The summed E-state index contributed by atoms with van der Waals surface area (Å²) < 4.78 is 0. The van der Waals surface area contributed by atoms with Gasteiger partial charge < -0.3 is 15.5 Å². The molecule has 1 aliphatic rings. The molecule has 0 unspecified atom stereocenters. The van der Waals surface area contributed by atoms with E-state index in [1.165, 1.54) is 4.88 Å². The van der Waals surface area contributed by atoms with Crippen LogP contribution in [0.4, 0.5) is 0 Å². The molecule has 1 aromatic heterocycles. The summed E-state index contributed by atoms with van der Waals surface area (Å²) in [5.74, 6) is 0.803. The molecular formula is C16H27N5OS. The summed E-state index contributed by atoms with van der Waals surface area (Å²) in [5.41, 5.74) is 0. The van der Waals surface area contributed by atoms with Crippen molar-refractivity contribution in [3.63, 3.8) is 0 Å². The molecule has 0 spiro atoms. The molecule has 0 bridgehead atoms. The van der Waals surface area contributed by atoms with Crippen molar-refractivity contribution in [1.29, 1.82) is 0 Å². The van der Waals surface area contributed by atoms with Crippen molar-refractivity contribution in [2.45, 2.75) is 26.4 Å². The van der Waals surface area contributed by atoms with Gasteiger partial charge in [0.15, 0.2) is 5.96 Å². The van der Waals surface area contributed by atoms with Gasteiger partial charge in [-0.3, -0.25) is 14.7 Å². The molecule has 0 aromatic carbocycles. The summed E-state index contributed by atoms with van der Waals surface area (Å²) >= 11 is 1.81. The van der Waals surface area contributed by atoms with Crippen LogP contribution in [-0.4, -0.2) is 67.5 Å². The molecule has 0 saturated carbocycles. The molecule has 2 heterocycles. The summed E-state index contributed by atoms with van der Waals surface area (Å²) in [6.07, 6.45) is 0. The minimum Gasteiger partial charge on any atom is -0.352 e. The number of hydrogen-bond donors (Lipinski definition) is 2. The topological polar surface area (TPSA) is 60.0 Å². The Labute approximate surface area is 142 Å². The maximum absolute atomic E-state index is 11.7. The Bertz CT molecular complexity index is 507. The van der Waals surface area contributed by atoms with Crippen LogP contribution in [0.5, 0.6) is 0 Å². The highest BCUT2D eigenvalue weighted by atomic mass is 32.1. The fourth-order valence-corrected chi connectivity index (χ4v) is 3.35. The van der Waals surface area contributed by atoms with Gasteiger partial charge in [-0.25, -0.2) is 0 Å². The van der Waals surface area contributed by atoms with E-state index < -0.39 is 0 Å². The van der Waals surface area contributed by atoms with E-state index in [9.17, 15) is 4.79 Å². The normalized spacial score (nSPS) is 16.7. The fraction of sp³-hybridized carbons (Fsp3) is 0.625. The zero-order chi connectivity index (χ0) is 16.7. The molecule has 0 aliphatic carbocycles. The van der Waals surface area contributed by atoms with Gasteiger partial charge in [-0.05, 0) is 25.3 Å². The predicted octanol–water partition coefficient (Wildman–Crippen LogP) is 0.966. The molecule has 2 N–H and O–H groups in total. The standard InChI is InChI=1S/C16H27N5OS/c1-13(2)19-15(22)11-18-16(17-3)21-8-6-20(7-9-21)12-14-5-4-10-23-14/h4-5,10,13H,6-9,11-12H2,1-3H3,(H,17,18)(H,19,22). The molecular weight excluding hydrogens is 310 g/mol. The lowest BCUT2D eigenvalue weighted by molar-refractivity contribution is -0.120. The molecule has 0 radical (unpaired) electrons. The average molecular weight is 337 g/mol. The van der Waals surface area contributed by atoms with Gasteiger partial charge in [0.05, 0.1) is 6.54 Å². The van der Waals surface area contributed by atoms with Crippen molar-refractivity contribution in [2.24, 2.45) is 4.99 Å². The third-order valence-corrected chi connectivity index (χ3v) is 4.56. The maximum atomic E-state index is 11.7. The maximum Gasteiger partial charge on any atom is 0.239 e. The molecule has 7 heteroatoms. The quantitative estimate of drug-likeness (QED) is 0.621. The van der Waals surface area contributed by atoms with Crippen LogP contribution in [0.25, 0.3) is 0 Å². The Morgan fingerprint density at radius 2 is 2.09 bits per heavy atom. The van der Waals surface area contributed by atoms with Crippen molar-refractivity contribution >= 4 is 23.2 Å². The number of amides is 1. The molecule has 1 aliphatic heterocycles. The molecule has 2 rings (SSSR count). The highest BCUT2D eigenvalue weighted by Crippen LogP contribution is 2.13. The summed E-state index contributed by atoms with van der Waals surface area (Å²) in [4.78, 5) is 22.1. The lowest BCUT2D eigenvalue weighted by Crippen LogP contribution is -2.53. The highest BCUT2D eigenvalue weighted by Gasteiger charge is 2.20. The number of thiophene rings is 1. The number of hydrogen-bond acceptors (Lipinski definition) is 4. The largest absolute Gasteiger partial charge is 0.352 e. The highest BCUT2D eigenvalue weighted by molar-refractivity contribution is 7.09. The van der Waals surface area contributed by atoms with Crippen LogP contribution in [0.15, 0.2) is 22.5 Å². The zero-order valence-corrected chi connectivity index (χ0v) is 15.0. The zero-order valence-electron chi connectivity index (χ0n) is 14.2. The Kier molecular flexibility index (Phi) is 6.85. The average Bonchev–Trinajstić information content (AvgIpc) is 3.01. The van der Waals surface area contributed by atoms with E-state index >= 15 is 0 Å². The first-order chi connectivity index (χ1) is 11.1. The van der Waals surface area contributed by atoms with Crippen LogP contribution < -0.4 is 10.6 Å². The number of nitrogens with zero attached hydrogens (tertiary/aromatic N) is 3. The summed E-state index contributed by atoms with van der Waals surface area (Å²) in [6.45, 7) is 9.08. The number of carbonyl (C=O) groups is 1. The van der Waals surface area contributed by atoms with E-state index in [0.29, 0.717) is 0 Å². The summed E-state index contributed by atoms with van der Waals surface area (Å²) in [5, 5.41) is 8.15. The van der Waals surface area contributed by atoms with E-state index in [0.717, 1.165) is 38.7 Å². The van der Waals surface area contributed by atoms with E-state index in [2.05, 4.69) is 42.9 Å². The van der Waals surface area contributed by atoms with Crippen LogP contribution in [0.3, 0.4) is 0 Å². The van der Waals surface area contributed by atoms with Gasteiger partial charge in [-0.15, -0.1) is 11.3 Å². The van der Waals surface area contributed by atoms with Crippen LogP contribution in [0.1, 0.15) is 18.7 Å². The van der Waals surface area contributed by atoms with Crippen LogP contribution in [-0.2, 0) is 11.3 Å². The Morgan fingerprint density at radius 1 is 1.35 bits per heavy atom. The van der Waals surface area contributed by atoms with Crippen molar-refractivity contribution < 1.29 is 4.79 Å². The first-order valence-corrected chi connectivity index (χ1v) is 8.96. The van der Waals surface area contributed by atoms with E-state index in [1.807, 2.05) is 25.2 Å². The first-order valence-electron chi connectivity index (χ1n) is 8.08. The second-order valence-electron chi connectivity index (χ2n) is 5.97. The minimum absolute atomic E-state index is 0.00233.